The highest BCUT2D eigenvalue weighted by Crippen LogP contribution is 2.12. The predicted octanol–water partition coefficient (Wildman–Crippen LogP) is 2.17. The Balaban J connectivity index is 1.73. The van der Waals surface area contributed by atoms with E-state index in [1.54, 1.807) is 23.1 Å². The molecule has 0 unspecified atom stereocenters. The smallest absolute Gasteiger partial charge is 0.354 e. The summed E-state index contributed by atoms with van der Waals surface area (Å²) in [6, 6.07) is 15.8. The number of carbonyl (C=O) groups excluding carboxylic acids is 1. The van der Waals surface area contributed by atoms with E-state index in [-0.39, 0.29) is 31.9 Å². The normalized spacial score (nSPS) is 11.1. The van der Waals surface area contributed by atoms with Crippen LogP contribution in [0.25, 0.3) is 0 Å². The van der Waals surface area contributed by atoms with Gasteiger partial charge in [-0.15, -0.1) is 0 Å². The molecule has 182 valence electrons. The van der Waals surface area contributed by atoms with Gasteiger partial charge in [0.05, 0.1) is 35.9 Å². The Morgan fingerprint density at radius 2 is 1.29 bits per heavy atom. The third kappa shape index (κ3) is 8.36. The quantitative estimate of drug-likeness (QED) is 0.352. The summed E-state index contributed by atoms with van der Waals surface area (Å²) in [6.45, 7) is 3.16. The van der Waals surface area contributed by atoms with Crippen LogP contribution in [-0.4, -0.2) is 66.3 Å². The zero-order valence-electron chi connectivity index (χ0n) is 19.4. The lowest BCUT2D eigenvalue weighted by Gasteiger charge is -2.21. The van der Waals surface area contributed by atoms with Crippen LogP contribution in [0.15, 0.2) is 54.6 Å². The van der Waals surface area contributed by atoms with E-state index >= 15 is 0 Å². The first-order valence-corrected chi connectivity index (χ1v) is 11.0. The van der Waals surface area contributed by atoms with E-state index in [9.17, 15) is 19.5 Å². The van der Waals surface area contributed by atoms with Crippen molar-refractivity contribution in [1.29, 1.82) is 0 Å². The molecule has 0 spiro atoms. The molecule has 0 amide bonds. The van der Waals surface area contributed by atoms with Gasteiger partial charge < -0.3 is 15.0 Å². The molecule has 10 heteroatoms. The Morgan fingerprint density at radius 3 is 1.83 bits per heavy atom. The summed E-state index contributed by atoms with van der Waals surface area (Å²) < 4.78 is 0. The number of carboxylic acid groups (broad SMARTS) is 2. The highest BCUT2D eigenvalue weighted by atomic mass is 16.4. The summed E-state index contributed by atoms with van der Waals surface area (Å²) in [4.78, 5) is 50.7. The number of carbonyl (C=O) groups is 3. The highest BCUT2D eigenvalue weighted by Gasteiger charge is 2.15. The molecule has 0 aliphatic carbocycles. The lowest BCUT2D eigenvalue weighted by molar-refractivity contribution is -0.138. The van der Waals surface area contributed by atoms with E-state index in [0.717, 1.165) is 23.4 Å². The Kier molecular flexibility index (Phi) is 9.10. The number of aryl methyl sites for hydroxylation is 1. The molecule has 0 saturated carbocycles. The summed E-state index contributed by atoms with van der Waals surface area (Å²) in [5.74, 6) is -2.16. The standard InChI is InChI=1S/C25H27N5O5/c1-18-5-2-6-19(26-18)13-29(11-12-31)14-20-7-3-8-21(27-20)15-30(17-24(32)33)16-22-9-4-10-23(28-22)25(34)35/h2-10,12H,11,13-17H2,1H3,(H,32,33)(H,34,35). The largest absolute Gasteiger partial charge is 0.480 e. The minimum absolute atomic E-state index is 0.101. The van der Waals surface area contributed by atoms with Gasteiger partial charge in [-0.3, -0.25) is 24.6 Å². The van der Waals surface area contributed by atoms with E-state index in [1.807, 2.05) is 42.2 Å². The van der Waals surface area contributed by atoms with E-state index in [0.29, 0.717) is 24.5 Å². The Hall–Kier alpha value is -4.02. The molecule has 0 fully saturated rings. The average molecular weight is 478 g/mol. The van der Waals surface area contributed by atoms with Gasteiger partial charge in [-0.1, -0.05) is 18.2 Å². The van der Waals surface area contributed by atoms with Crippen LogP contribution in [-0.2, 0) is 35.8 Å². The maximum absolute atomic E-state index is 11.4. The summed E-state index contributed by atoms with van der Waals surface area (Å²) in [7, 11) is 0. The van der Waals surface area contributed by atoms with Crippen molar-refractivity contribution in [1.82, 2.24) is 24.8 Å². The molecule has 3 aromatic rings. The number of aliphatic carboxylic acids is 1. The number of carboxylic acids is 2. The molecule has 0 atom stereocenters. The fourth-order valence-corrected chi connectivity index (χ4v) is 3.65. The van der Waals surface area contributed by atoms with Crippen molar-refractivity contribution in [3.8, 4) is 0 Å². The SMILES string of the molecule is Cc1cccc(CN(CC=O)Cc2cccc(CN(CC(=O)O)Cc3cccc(C(=O)O)n3)n2)n1. The summed E-state index contributed by atoms with van der Waals surface area (Å²) in [5.41, 5.74) is 3.49. The van der Waals surface area contributed by atoms with Gasteiger partial charge in [0.2, 0.25) is 0 Å². The molecule has 0 bridgehead atoms. The first-order valence-electron chi connectivity index (χ1n) is 11.0. The number of aromatic carboxylic acids is 1. The van der Waals surface area contributed by atoms with Gasteiger partial charge in [0, 0.05) is 31.9 Å². The Bertz CT molecular complexity index is 1190. The number of hydrogen-bond acceptors (Lipinski definition) is 8. The van der Waals surface area contributed by atoms with Crippen LogP contribution >= 0.6 is 0 Å². The number of aldehydes is 1. The number of pyridine rings is 3. The first kappa shape index (κ1) is 25.6. The molecule has 35 heavy (non-hydrogen) atoms. The molecule has 0 radical (unpaired) electrons. The summed E-state index contributed by atoms with van der Waals surface area (Å²) >= 11 is 0. The number of rotatable bonds is 13. The van der Waals surface area contributed by atoms with Crippen molar-refractivity contribution in [2.75, 3.05) is 13.1 Å². The van der Waals surface area contributed by atoms with Crippen LogP contribution in [0.4, 0.5) is 0 Å². The average Bonchev–Trinajstić information content (AvgIpc) is 2.79. The van der Waals surface area contributed by atoms with E-state index in [2.05, 4.69) is 15.0 Å². The van der Waals surface area contributed by atoms with Crippen molar-refractivity contribution in [2.45, 2.75) is 33.1 Å². The Labute approximate surface area is 202 Å². The maximum atomic E-state index is 11.4. The highest BCUT2D eigenvalue weighted by molar-refractivity contribution is 5.85. The van der Waals surface area contributed by atoms with Gasteiger partial charge in [-0.2, -0.15) is 0 Å². The maximum Gasteiger partial charge on any atom is 0.354 e. The van der Waals surface area contributed by atoms with Gasteiger partial charge in [-0.25, -0.2) is 9.78 Å². The fourth-order valence-electron chi connectivity index (χ4n) is 3.65. The molecule has 2 N–H and O–H groups in total. The molecule has 0 aliphatic heterocycles. The second-order valence-corrected chi connectivity index (χ2v) is 8.09. The molecular weight excluding hydrogens is 450 g/mol. The van der Waals surface area contributed by atoms with Crippen LogP contribution in [0, 0.1) is 6.92 Å². The Morgan fingerprint density at radius 1 is 0.771 bits per heavy atom. The van der Waals surface area contributed by atoms with E-state index in [4.69, 9.17) is 5.11 Å². The van der Waals surface area contributed by atoms with Crippen LogP contribution in [0.3, 0.4) is 0 Å². The first-order chi connectivity index (χ1) is 16.8. The number of aromatic nitrogens is 3. The van der Waals surface area contributed by atoms with E-state index in [1.165, 1.54) is 6.07 Å². The molecule has 3 aromatic heterocycles. The topological polar surface area (TPSA) is 137 Å². The lowest BCUT2D eigenvalue weighted by atomic mass is 10.2. The minimum atomic E-state index is -1.15. The molecule has 0 aromatic carbocycles. The number of nitrogens with zero attached hydrogens (tertiary/aromatic N) is 5. The van der Waals surface area contributed by atoms with Crippen LogP contribution in [0.1, 0.15) is 39.0 Å². The van der Waals surface area contributed by atoms with Crippen molar-refractivity contribution in [3.63, 3.8) is 0 Å². The molecule has 0 aliphatic rings. The summed E-state index contributed by atoms with van der Waals surface area (Å²) in [5, 5.41) is 18.5. The van der Waals surface area contributed by atoms with Crippen molar-refractivity contribution in [2.24, 2.45) is 0 Å². The van der Waals surface area contributed by atoms with Gasteiger partial charge in [0.1, 0.15) is 12.0 Å². The van der Waals surface area contributed by atoms with Crippen molar-refractivity contribution < 1.29 is 24.6 Å². The van der Waals surface area contributed by atoms with Crippen LogP contribution < -0.4 is 0 Å². The molecular formula is C25H27N5O5. The van der Waals surface area contributed by atoms with Crippen LogP contribution in [0.2, 0.25) is 0 Å². The van der Waals surface area contributed by atoms with Gasteiger partial charge in [0.25, 0.3) is 0 Å². The molecule has 3 rings (SSSR count). The zero-order valence-corrected chi connectivity index (χ0v) is 19.4. The van der Waals surface area contributed by atoms with Gasteiger partial charge >= 0.3 is 11.9 Å². The third-order valence-corrected chi connectivity index (χ3v) is 5.07. The monoisotopic (exact) mass is 477 g/mol. The fraction of sp³-hybridized carbons (Fsp3) is 0.280. The molecule has 0 saturated heterocycles. The second kappa shape index (κ2) is 12.4. The lowest BCUT2D eigenvalue weighted by Crippen LogP contribution is -2.30. The number of hydrogen-bond donors (Lipinski definition) is 2. The van der Waals surface area contributed by atoms with Crippen molar-refractivity contribution >= 4 is 18.2 Å². The predicted molar refractivity (Wildman–Crippen MR) is 126 cm³/mol. The molecule has 10 nitrogen and oxygen atoms in total. The minimum Gasteiger partial charge on any atom is -0.480 e. The van der Waals surface area contributed by atoms with Crippen LogP contribution in [0.5, 0.6) is 0 Å². The summed E-state index contributed by atoms with van der Waals surface area (Å²) in [6.07, 6.45) is 0.840. The second-order valence-electron chi connectivity index (χ2n) is 8.09. The van der Waals surface area contributed by atoms with Gasteiger partial charge in [-0.05, 0) is 43.3 Å². The third-order valence-electron chi connectivity index (χ3n) is 5.07. The van der Waals surface area contributed by atoms with Crippen molar-refractivity contribution in [3.05, 3.63) is 88.8 Å². The van der Waals surface area contributed by atoms with E-state index < -0.39 is 11.9 Å². The molecule has 3 heterocycles. The van der Waals surface area contributed by atoms with Gasteiger partial charge in [0.15, 0.2) is 0 Å². The zero-order chi connectivity index (χ0) is 25.2.